The molecular weight excluding hydrogens is 375 g/mol. The van der Waals surface area contributed by atoms with Crippen molar-refractivity contribution in [2.45, 2.75) is 24.7 Å². The number of benzene rings is 1. The van der Waals surface area contributed by atoms with Crippen molar-refractivity contribution in [3.63, 3.8) is 0 Å². The summed E-state index contributed by atoms with van der Waals surface area (Å²) in [6.45, 7) is 0. The number of alkyl halides is 3. The number of nitrogens with one attached hydrogen (secondary N) is 2. The van der Waals surface area contributed by atoms with Gasteiger partial charge in [0.15, 0.2) is 5.65 Å². The molecule has 2 aromatic heterocycles. The number of fused-ring (bicyclic) bond motifs is 1. The van der Waals surface area contributed by atoms with E-state index in [1.807, 2.05) is 0 Å². The molecule has 1 fully saturated rings. The highest BCUT2D eigenvalue weighted by Crippen LogP contribution is 2.46. The lowest BCUT2D eigenvalue weighted by Gasteiger charge is -2.19. The predicted octanol–water partition coefficient (Wildman–Crippen LogP) is 3.68. The summed E-state index contributed by atoms with van der Waals surface area (Å²) in [4.78, 5) is 16.7. The summed E-state index contributed by atoms with van der Waals surface area (Å²) in [5, 5.41) is 10.5. The second kappa shape index (κ2) is 6.39. The summed E-state index contributed by atoms with van der Waals surface area (Å²) in [6, 6.07) is 6.80. The largest absolute Gasteiger partial charge is 0.573 e. The Hall–Kier alpha value is -3.30. The average Bonchev–Trinajstić information content (AvgIpc) is 3.30. The van der Waals surface area contributed by atoms with E-state index in [4.69, 9.17) is 0 Å². The van der Waals surface area contributed by atoms with Crippen LogP contribution in [0.5, 0.6) is 5.75 Å². The molecular formula is C18H16F3N5O2. The van der Waals surface area contributed by atoms with Gasteiger partial charge in [0, 0.05) is 13.2 Å². The zero-order valence-corrected chi connectivity index (χ0v) is 14.7. The lowest BCUT2D eigenvalue weighted by molar-refractivity contribution is -0.274. The normalized spacial score (nSPS) is 15.3. The molecule has 0 saturated heterocycles. The molecule has 2 N–H and O–H groups in total. The van der Waals surface area contributed by atoms with E-state index in [0.717, 1.165) is 5.56 Å². The Balaban J connectivity index is 1.47. The number of pyridine rings is 1. The van der Waals surface area contributed by atoms with Gasteiger partial charge < -0.3 is 15.4 Å². The first-order chi connectivity index (χ1) is 13.3. The van der Waals surface area contributed by atoms with Crippen LogP contribution in [0.2, 0.25) is 0 Å². The number of rotatable bonds is 4. The lowest BCUT2D eigenvalue weighted by Crippen LogP contribution is -2.38. The Bertz CT molecular complexity index is 1030. The number of anilines is 1. The Morgan fingerprint density at radius 3 is 2.57 bits per heavy atom. The van der Waals surface area contributed by atoms with Gasteiger partial charge in [-0.25, -0.2) is 9.78 Å². The van der Waals surface area contributed by atoms with Gasteiger partial charge in [-0.05, 0) is 36.6 Å². The predicted molar refractivity (Wildman–Crippen MR) is 94.7 cm³/mol. The molecule has 0 bridgehead atoms. The third-order valence-electron chi connectivity index (χ3n) is 4.63. The number of ether oxygens (including phenoxy) is 1. The van der Waals surface area contributed by atoms with Gasteiger partial charge in [0.1, 0.15) is 5.75 Å². The number of aryl methyl sites for hydroxylation is 1. The monoisotopic (exact) mass is 391 g/mol. The maximum atomic E-state index is 12.5. The van der Waals surface area contributed by atoms with E-state index in [0.29, 0.717) is 29.6 Å². The number of carbonyl (C=O) groups is 1. The topological polar surface area (TPSA) is 81.1 Å². The number of amides is 2. The third-order valence-corrected chi connectivity index (χ3v) is 4.63. The Labute approximate surface area is 157 Å². The number of carbonyl (C=O) groups excluding carboxylic acids is 1. The van der Waals surface area contributed by atoms with Gasteiger partial charge in [0.2, 0.25) is 0 Å². The van der Waals surface area contributed by atoms with Crippen LogP contribution in [-0.2, 0) is 12.6 Å². The van der Waals surface area contributed by atoms with E-state index in [9.17, 15) is 18.0 Å². The maximum absolute atomic E-state index is 12.5. The first-order valence-corrected chi connectivity index (χ1v) is 8.48. The van der Waals surface area contributed by atoms with Crippen molar-refractivity contribution in [2.75, 3.05) is 5.32 Å². The molecule has 0 atom stereocenters. The highest BCUT2D eigenvalue weighted by Gasteiger charge is 2.46. The molecule has 1 aliphatic rings. The van der Waals surface area contributed by atoms with Crippen molar-refractivity contribution in [2.24, 2.45) is 7.05 Å². The first kappa shape index (κ1) is 18.1. The number of urea groups is 1. The van der Waals surface area contributed by atoms with Crippen molar-refractivity contribution < 1.29 is 22.7 Å². The summed E-state index contributed by atoms with van der Waals surface area (Å²) in [6.07, 6.45) is -0.160. The van der Waals surface area contributed by atoms with Gasteiger partial charge in [-0.3, -0.25) is 4.68 Å². The molecule has 28 heavy (non-hydrogen) atoms. The molecule has 0 unspecified atom stereocenters. The van der Waals surface area contributed by atoms with Crippen molar-refractivity contribution in [1.82, 2.24) is 20.1 Å². The van der Waals surface area contributed by atoms with E-state index in [1.54, 1.807) is 30.2 Å². The quantitative estimate of drug-likeness (QED) is 0.711. The molecule has 0 radical (unpaired) electrons. The molecule has 2 amide bonds. The van der Waals surface area contributed by atoms with Crippen LogP contribution in [0.1, 0.15) is 18.4 Å². The SMILES string of the molecule is Cn1ncc2c(NC(=O)NC3(c4ccc(OC(F)(F)F)cc4)CC3)ccnc21. The van der Waals surface area contributed by atoms with E-state index in [2.05, 4.69) is 25.5 Å². The number of hydrogen-bond acceptors (Lipinski definition) is 4. The third kappa shape index (κ3) is 3.57. The molecule has 0 spiro atoms. The fraction of sp³-hybridized carbons (Fsp3) is 0.278. The van der Waals surface area contributed by atoms with E-state index >= 15 is 0 Å². The molecule has 2 heterocycles. The summed E-state index contributed by atoms with van der Waals surface area (Å²) in [5.41, 5.74) is 1.33. The zero-order chi connectivity index (χ0) is 19.9. The van der Waals surface area contributed by atoms with Crippen LogP contribution in [0, 0.1) is 0 Å². The smallest absolute Gasteiger partial charge is 0.406 e. The van der Waals surface area contributed by atoms with Crippen molar-refractivity contribution in [3.05, 3.63) is 48.3 Å². The van der Waals surface area contributed by atoms with Crippen LogP contribution in [0.15, 0.2) is 42.7 Å². The van der Waals surface area contributed by atoms with Crippen LogP contribution >= 0.6 is 0 Å². The van der Waals surface area contributed by atoms with Crippen molar-refractivity contribution >= 4 is 22.8 Å². The van der Waals surface area contributed by atoms with E-state index < -0.39 is 17.9 Å². The van der Waals surface area contributed by atoms with Crippen LogP contribution in [0.4, 0.5) is 23.7 Å². The van der Waals surface area contributed by atoms with Crippen LogP contribution in [0.3, 0.4) is 0 Å². The van der Waals surface area contributed by atoms with E-state index in [-0.39, 0.29) is 5.75 Å². The molecule has 146 valence electrons. The number of aromatic nitrogens is 3. The van der Waals surface area contributed by atoms with Gasteiger partial charge in [-0.2, -0.15) is 5.10 Å². The van der Waals surface area contributed by atoms with E-state index in [1.165, 1.54) is 24.3 Å². The lowest BCUT2D eigenvalue weighted by atomic mass is 10.1. The highest BCUT2D eigenvalue weighted by atomic mass is 19.4. The standard InChI is InChI=1S/C18H16F3N5O2/c1-26-15-13(10-23-26)14(6-9-22-15)24-16(27)25-17(7-8-17)11-2-4-12(5-3-11)28-18(19,20)21/h2-6,9-10H,7-8H2,1H3,(H2,22,24,25,27). The number of halogens is 3. The zero-order valence-electron chi connectivity index (χ0n) is 14.7. The fourth-order valence-corrected chi connectivity index (χ4v) is 3.11. The maximum Gasteiger partial charge on any atom is 0.573 e. The molecule has 0 aliphatic heterocycles. The molecule has 7 nitrogen and oxygen atoms in total. The van der Waals surface area contributed by atoms with Gasteiger partial charge in [-0.1, -0.05) is 12.1 Å². The summed E-state index contributed by atoms with van der Waals surface area (Å²) in [7, 11) is 1.75. The minimum atomic E-state index is -4.74. The summed E-state index contributed by atoms with van der Waals surface area (Å²) >= 11 is 0. The van der Waals surface area contributed by atoms with Gasteiger partial charge in [0.25, 0.3) is 0 Å². The van der Waals surface area contributed by atoms with Gasteiger partial charge in [-0.15, -0.1) is 13.2 Å². The van der Waals surface area contributed by atoms with Crippen molar-refractivity contribution in [3.8, 4) is 5.75 Å². The molecule has 1 saturated carbocycles. The molecule has 1 aliphatic carbocycles. The van der Waals surface area contributed by atoms with Gasteiger partial charge in [0.05, 0.1) is 22.8 Å². The van der Waals surface area contributed by atoms with Crippen LogP contribution < -0.4 is 15.4 Å². The summed E-state index contributed by atoms with van der Waals surface area (Å²) in [5.74, 6) is -0.299. The fourth-order valence-electron chi connectivity index (χ4n) is 3.11. The highest BCUT2D eigenvalue weighted by molar-refractivity contribution is 5.99. The minimum absolute atomic E-state index is 0.299. The number of nitrogens with zero attached hydrogens (tertiary/aromatic N) is 3. The minimum Gasteiger partial charge on any atom is -0.406 e. The Morgan fingerprint density at radius 1 is 1.21 bits per heavy atom. The molecule has 4 rings (SSSR count). The average molecular weight is 391 g/mol. The first-order valence-electron chi connectivity index (χ1n) is 8.48. The molecule has 10 heteroatoms. The Kier molecular flexibility index (Phi) is 4.13. The van der Waals surface area contributed by atoms with Crippen LogP contribution in [0.25, 0.3) is 11.0 Å². The molecule has 1 aromatic carbocycles. The second-order valence-corrected chi connectivity index (χ2v) is 6.60. The van der Waals surface area contributed by atoms with Crippen LogP contribution in [-0.4, -0.2) is 27.2 Å². The Morgan fingerprint density at radius 2 is 1.93 bits per heavy atom. The van der Waals surface area contributed by atoms with Gasteiger partial charge >= 0.3 is 12.4 Å². The summed E-state index contributed by atoms with van der Waals surface area (Å²) < 4.78 is 42.3. The van der Waals surface area contributed by atoms with Crippen molar-refractivity contribution in [1.29, 1.82) is 0 Å². The second-order valence-electron chi connectivity index (χ2n) is 6.60. The number of hydrogen-bond donors (Lipinski definition) is 2. The molecule has 3 aromatic rings.